The number of amides is 2. The second-order valence-corrected chi connectivity index (χ2v) is 3.97. The largest absolute Gasteiger partial charge is 0.391 e. The third-order valence-electron chi connectivity index (χ3n) is 2.88. The van der Waals surface area contributed by atoms with Gasteiger partial charge in [-0.1, -0.05) is 0 Å². The minimum Gasteiger partial charge on any atom is -0.391 e. The van der Waals surface area contributed by atoms with Crippen molar-refractivity contribution in [2.45, 2.75) is 37.8 Å². The molecule has 2 rings (SSSR count). The van der Waals surface area contributed by atoms with Crippen LogP contribution >= 0.6 is 0 Å². The molecule has 2 aliphatic rings. The molecule has 2 amide bonds. The van der Waals surface area contributed by atoms with Crippen LogP contribution in [0.5, 0.6) is 0 Å². The molecule has 0 aromatic carbocycles. The minimum absolute atomic E-state index is 0.00116. The molecule has 1 atom stereocenters. The number of carbonyl (C=O) groups is 1. The van der Waals surface area contributed by atoms with Gasteiger partial charge in [0.25, 0.3) is 0 Å². The lowest BCUT2D eigenvalue weighted by atomic mass is 9.93. The van der Waals surface area contributed by atoms with E-state index in [1.165, 1.54) is 6.42 Å². The highest BCUT2D eigenvalue weighted by Gasteiger charge is 2.27. The van der Waals surface area contributed by atoms with Crippen LogP contribution in [-0.2, 0) is 0 Å². The Morgan fingerprint density at radius 2 is 2.15 bits per heavy atom. The number of nitrogens with one attached hydrogen (secondary N) is 1. The predicted molar refractivity (Wildman–Crippen MR) is 48.4 cm³/mol. The maximum absolute atomic E-state index is 11.5. The van der Waals surface area contributed by atoms with E-state index in [0.29, 0.717) is 19.1 Å². The molecule has 0 aromatic rings. The smallest absolute Gasteiger partial charge is 0.317 e. The molecule has 1 saturated carbocycles. The number of β-amino-alcohol motifs (C(OH)–C–C–N with tert-alkyl or cyclic N) is 1. The normalized spacial score (nSPS) is 28.7. The molecular weight excluding hydrogens is 168 g/mol. The summed E-state index contributed by atoms with van der Waals surface area (Å²) in [6, 6.07) is 0.395. The van der Waals surface area contributed by atoms with Gasteiger partial charge in [-0.25, -0.2) is 4.79 Å². The van der Waals surface area contributed by atoms with Gasteiger partial charge < -0.3 is 15.3 Å². The van der Waals surface area contributed by atoms with E-state index in [9.17, 15) is 9.90 Å². The first-order chi connectivity index (χ1) is 6.25. The minimum atomic E-state index is -0.313. The molecule has 4 nitrogen and oxygen atoms in total. The summed E-state index contributed by atoms with van der Waals surface area (Å²) in [6.45, 7) is 1.19. The maximum atomic E-state index is 11.5. The van der Waals surface area contributed by atoms with Gasteiger partial charge in [0, 0.05) is 19.1 Å². The predicted octanol–water partition coefficient (Wildman–Crippen LogP) is 0.315. The third-order valence-corrected chi connectivity index (χ3v) is 2.88. The van der Waals surface area contributed by atoms with Crippen molar-refractivity contribution in [2.75, 3.05) is 13.1 Å². The summed E-state index contributed by atoms with van der Waals surface area (Å²) in [5.41, 5.74) is 0. The molecule has 2 N–H and O–H groups in total. The lowest BCUT2D eigenvalue weighted by Gasteiger charge is -2.28. The first kappa shape index (κ1) is 8.81. The Bertz CT molecular complexity index is 204. The number of carbonyl (C=O) groups excluding carboxylic acids is 1. The number of nitrogens with zero attached hydrogens (tertiary/aromatic N) is 1. The van der Waals surface area contributed by atoms with Gasteiger partial charge in [0.15, 0.2) is 0 Å². The number of hydrogen-bond donors (Lipinski definition) is 2. The molecular formula is C9H16N2O2. The summed E-state index contributed by atoms with van der Waals surface area (Å²) < 4.78 is 0. The molecule has 13 heavy (non-hydrogen) atoms. The topological polar surface area (TPSA) is 52.6 Å². The van der Waals surface area contributed by atoms with Crippen LogP contribution in [0.4, 0.5) is 4.79 Å². The van der Waals surface area contributed by atoms with Crippen LogP contribution in [0, 0.1) is 0 Å². The van der Waals surface area contributed by atoms with Gasteiger partial charge >= 0.3 is 6.03 Å². The number of rotatable bonds is 1. The molecule has 2 fully saturated rings. The molecule has 0 radical (unpaired) electrons. The van der Waals surface area contributed by atoms with Crippen molar-refractivity contribution >= 4 is 6.03 Å². The highest BCUT2D eigenvalue weighted by molar-refractivity contribution is 5.75. The van der Waals surface area contributed by atoms with E-state index in [1.54, 1.807) is 4.90 Å². The standard InChI is InChI=1S/C9H16N2O2/c12-8-4-5-11(6-8)9(13)10-7-2-1-3-7/h7-8,12H,1-6H2,(H,10,13)/t8-/m0/s1. The van der Waals surface area contributed by atoms with Gasteiger partial charge in [0.2, 0.25) is 0 Å². The first-order valence-corrected chi connectivity index (χ1v) is 4.99. The van der Waals surface area contributed by atoms with E-state index < -0.39 is 0 Å². The molecule has 74 valence electrons. The van der Waals surface area contributed by atoms with Gasteiger partial charge in [0.05, 0.1) is 6.10 Å². The first-order valence-electron chi connectivity index (χ1n) is 4.99. The second kappa shape index (κ2) is 3.54. The van der Waals surface area contributed by atoms with Crippen molar-refractivity contribution in [3.63, 3.8) is 0 Å². The van der Waals surface area contributed by atoms with E-state index in [0.717, 1.165) is 19.3 Å². The van der Waals surface area contributed by atoms with Gasteiger partial charge in [-0.15, -0.1) is 0 Å². The summed E-state index contributed by atoms with van der Waals surface area (Å²) in [7, 11) is 0. The van der Waals surface area contributed by atoms with Crippen molar-refractivity contribution in [2.24, 2.45) is 0 Å². The zero-order valence-corrected chi connectivity index (χ0v) is 7.70. The molecule has 1 saturated heterocycles. The van der Waals surface area contributed by atoms with Crippen molar-refractivity contribution < 1.29 is 9.90 Å². The number of hydrogen-bond acceptors (Lipinski definition) is 2. The van der Waals surface area contributed by atoms with Crippen molar-refractivity contribution in [3.05, 3.63) is 0 Å². The van der Waals surface area contributed by atoms with Crippen LogP contribution in [0.25, 0.3) is 0 Å². The average Bonchev–Trinajstić information content (AvgIpc) is 2.44. The Labute approximate surface area is 77.9 Å². The third kappa shape index (κ3) is 1.94. The fraction of sp³-hybridized carbons (Fsp3) is 0.889. The molecule has 1 aliphatic carbocycles. The Kier molecular flexibility index (Phi) is 2.40. The van der Waals surface area contributed by atoms with Crippen LogP contribution in [0.15, 0.2) is 0 Å². The highest BCUT2D eigenvalue weighted by atomic mass is 16.3. The monoisotopic (exact) mass is 184 g/mol. The van der Waals surface area contributed by atoms with E-state index in [2.05, 4.69) is 5.32 Å². The van der Waals surface area contributed by atoms with Crippen LogP contribution < -0.4 is 5.32 Å². The number of urea groups is 1. The fourth-order valence-corrected chi connectivity index (χ4v) is 1.74. The SMILES string of the molecule is O=C(NC1CCC1)N1CC[C@H](O)C1. The summed E-state index contributed by atoms with van der Waals surface area (Å²) >= 11 is 0. The van der Waals surface area contributed by atoms with E-state index in [-0.39, 0.29) is 12.1 Å². The number of aliphatic hydroxyl groups excluding tert-OH is 1. The Balaban J connectivity index is 1.76. The van der Waals surface area contributed by atoms with Gasteiger partial charge in [0.1, 0.15) is 0 Å². The zero-order valence-electron chi connectivity index (χ0n) is 7.70. The van der Waals surface area contributed by atoms with E-state index in [1.807, 2.05) is 0 Å². The molecule has 0 aromatic heterocycles. The molecule has 0 bridgehead atoms. The highest BCUT2D eigenvalue weighted by Crippen LogP contribution is 2.19. The lowest BCUT2D eigenvalue weighted by Crippen LogP contribution is -2.46. The fourth-order valence-electron chi connectivity index (χ4n) is 1.74. The summed E-state index contributed by atoms with van der Waals surface area (Å²) in [5, 5.41) is 12.2. The van der Waals surface area contributed by atoms with Gasteiger partial charge in [-0.05, 0) is 25.7 Å². The quantitative estimate of drug-likeness (QED) is 0.616. The molecule has 0 unspecified atom stereocenters. The molecule has 1 aliphatic heterocycles. The number of aliphatic hydroxyl groups is 1. The second-order valence-electron chi connectivity index (χ2n) is 3.97. The molecule has 4 heteroatoms. The Morgan fingerprint density at radius 1 is 1.38 bits per heavy atom. The Morgan fingerprint density at radius 3 is 2.62 bits per heavy atom. The molecule has 0 spiro atoms. The van der Waals surface area contributed by atoms with Crippen molar-refractivity contribution in [1.82, 2.24) is 10.2 Å². The summed E-state index contributed by atoms with van der Waals surface area (Å²) in [4.78, 5) is 13.2. The van der Waals surface area contributed by atoms with E-state index >= 15 is 0 Å². The van der Waals surface area contributed by atoms with Crippen LogP contribution in [0.3, 0.4) is 0 Å². The van der Waals surface area contributed by atoms with Crippen molar-refractivity contribution in [3.8, 4) is 0 Å². The summed E-state index contributed by atoms with van der Waals surface area (Å²) in [5.74, 6) is 0. The zero-order chi connectivity index (χ0) is 9.26. The van der Waals surface area contributed by atoms with Crippen LogP contribution in [-0.4, -0.2) is 41.3 Å². The van der Waals surface area contributed by atoms with Crippen LogP contribution in [0.2, 0.25) is 0 Å². The number of likely N-dealkylation sites (tertiary alicyclic amines) is 1. The summed E-state index contributed by atoms with van der Waals surface area (Å²) in [6.07, 6.45) is 3.86. The van der Waals surface area contributed by atoms with Gasteiger partial charge in [-0.2, -0.15) is 0 Å². The maximum Gasteiger partial charge on any atom is 0.317 e. The lowest BCUT2D eigenvalue weighted by molar-refractivity contribution is 0.167. The molecule has 1 heterocycles. The van der Waals surface area contributed by atoms with E-state index in [4.69, 9.17) is 0 Å². The Hall–Kier alpha value is -0.770. The average molecular weight is 184 g/mol. The van der Waals surface area contributed by atoms with Crippen LogP contribution in [0.1, 0.15) is 25.7 Å². The van der Waals surface area contributed by atoms with Crippen molar-refractivity contribution in [1.29, 1.82) is 0 Å². The van der Waals surface area contributed by atoms with Gasteiger partial charge in [-0.3, -0.25) is 0 Å².